The molecule has 0 saturated heterocycles. The van der Waals surface area contributed by atoms with Crippen molar-refractivity contribution in [3.05, 3.63) is 71.5 Å². The first-order valence-electron chi connectivity index (χ1n) is 9.42. The summed E-state index contributed by atoms with van der Waals surface area (Å²) in [6, 6.07) is 13.3. The van der Waals surface area contributed by atoms with Gasteiger partial charge in [-0.2, -0.15) is 4.98 Å². The maximum Gasteiger partial charge on any atom is 0.256 e. The number of nitrogens with two attached hydrogens (primary N) is 1. The van der Waals surface area contributed by atoms with E-state index in [-0.39, 0.29) is 17.3 Å². The molecule has 0 atom stereocenters. The molecule has 0 radical (unpaired) electrons. The minimum Gasteiger partial charge on any atom is -0.473 e. The third-order valence-corrected chi connectivity index (χ3v) is 4.10. The monoisotopic (exact) mass is 392 g/mol. The molecular formula is C21H24N6O2. The van der Waals surface area contributed by atoms with Gasteiger partial charge in [-0.05, 0) is 23.6 Å². The van der Waals surface area contributed by atoms with Crippen molar-refractivity contribution in [3.8, 4) is 5.88 Å². The van der Waals surface area contributed by atoms with Gasteiger partial charge in [0.05, 0.1) is 5.56 Å². The number of anilines is 2. The van der Waals surface area contributed by atoms with E-state index in [4.69, 9.17) is 10.5 Å². The van der Waals surface area contributed by atoms with E-state index < -0.39 is 0 Å². The van der Waals surface area contributed by atoms with E-state index in [9.17, 15) is 4.79 Å². The molecule has 150 valence electrons. The van der Waals surface area contributed by atoms with Crippen LogP contribution in [-0.2, 0) is 13.2 Å². The average molecular weight is 392 g/mol. The Morgan fingerprint density at radius 3 is 2.59 bits per heavy atom. The van der Waals surface area contributed by atoms with Crippen molar-refractivity contribution in [2.75, 3.05) is 17.6 Å². The molecule has 0 bridgehead atoms. The number of amides is 1. The summed E-state index contributed by atoms with van der Waals surface area (Å²) in [5.74, 6) is 0.842. The van der Waals surface area contributed by atoms with Gasteiger partial charge in [0.2, 0.25) is 11.8 Å². The van der Waals surface area contributed by atoms with Gasteiger partial charge in [0.1, 0.15) is 12.4 Å². The van der Waals surface area contributed by atoms with Crippen molar-refractivity contribution in [3.63, 3.8) is 0 Å². The standard InChI is InChI=1S/C21H24N6O2/c1-2-10-24-21-26-13-17(19(22)27-21)20(28)25-12-15-6-8-16(9-7-15)14-29-18-5-3-4-11-23-18/h3-9,11,13H,2,10,12,14H2,1H3,(H,25,28)(H3,22,24,26,27). The smallest absolute Gasteiger partial charge is 0.256 e. The fourth-order valence-electron chi connectivity index (χ4n) is 2.51. The van der Waals surface area contributed by atoms with Crippen molar-refractivity contribution in [2.45, 2.75) is 26.5 Å². The van der Waals surface area contributed by atoms with Crippen LogP contribution in [0.15, 0.2) is 54.9 Å². The van der Waals surface area contributed by atoms with Gasteiger partial charge < -0.3 is 21.1 Å². The Kier molecular flexibility index (Phi) is 6.94. The number of hydrogen-bond donors (Lipinski definition) is 3. The predicted molar refractivity (Wildman–Crippen MR) is 111 cm³/mol. The molecule has 0 unspecified atom stereocenters. The molecule has 0 spiro atoms. The van der Waals surface area contributed by atoms with E-state index in [2.05, 4.69) is 25.6 Å². The number of hydrogen-bond acceptors (Lipinski definition) is 7. The van der Waals surface area contributed by atoms with Gasteiger partial charge in [-0.25, -0.2) is 9.97 Å². The second-order valence-corrected chi connectivity index (χ2v) is 6.38. The van der Waals surface area contributed by atoms with E-state index >= 15 is 0 Å². The highest BCUT2D eigenvalue weighted by atomic mass is 16.5. The molecule has 1 aromatic carbocycles. The fraction of sp³-hybridized carbons (Fsp3) is 0.238. The number of nitrogens with zero attached hydrogens (tertiary/aromatic N) is 3. The number of carbonyl (C=O) groups is 1. The van der Waals surface area contributed by atoms with Crippen LogP contribution in [0.2, 0.25) is 0 Å². The second-order valence-electron chi connectivity index (χ2n) is 6.38. The molecule has 29 heavy (non-hydrogen) atoms. The summed E-state index contributed by atoms with van der Waals surface area (Å²) in [7, 11) is 0. The molecule has 3 aromatic rings. The van der Waals surface area contributed by atoms with Gasteiger partial charge >= 0.3 is 0 Å². The molecule has 1 amide bonds. The summed E-state index contributed by atoms with van der Waals surface area (Å²) < 4.78 is 5.62. The summed E-state index contributed by atoms with van der Waals surface area (Å²) in [5.41, 5.74) is 8.12. The minimum atomic E-state index is -0.313. The first kappa shape index (κ1) is 20.1. The van der Waals surface area contributed by atoms with Gasteiger partial charge in [-0.3, -0.25) is 4.79 Å². The first-order chi connectivity index (χ1) is 14.2. The quantitative estimate of drug-likeness (QED) is 0.513. The number of rotatable bonds is 9. The first-order valence-corrected chi connectivity index (χ1v) is 9.42. The molecule has 4 N–H and O–H groups in total. The summed E-state index contributed by atoms with van der Waals surface area (Å²) in [5, 5.41) is 5.87. The number of pyridine rings is 1. The van der Waals surface area contributed by atoms with Crippen molar-refractivity contribution in [2.24, 2.45) is 0 Å². The second kappa shape index (κ2) is 10.0. The van der Waals surface area contributed by atoms with Gasteiger partial charge in [-0.1, -0.05) is 37.3 Å². The summed E-state index contributed by atoms with van der Waals surface area (Å²) in [6.07, 6.45) is 4.07. The topological polar surface area (TPSA) is 115 Å². The molecule has 2 aromatic heterocycles. The molecule has 8 nitrogen and oxygen atoms in total. The highest BCUT2D eigenvalue weighted by Gasteiger charge is 2.12. The Morgan fingerprint density at radius 1 is 1.10 bits per heavy atom. The third-order valence-electron chi connectivity index (χ3n) is 4.10. The van der Waals surface area contributed by atoms with Crippen LogP contribution in [0.25, 0.3) is 0 Å². The predicted octanol–water partition coefficient (Wildman–Crippen LogP) is 2.78. The van der Waals surface area contributed by atoms with Crippen LogP contribution in [0.5, 0.6) is 5.88 Å². The molecule has 8 heteroatoms. The lowest BCUT2D eigenvalue weighted by atomic mass is 10.1. The lowest BCUT2D eigenvalue weighted by molar-refractivity contribution is 0.0951. The van der Waals surface area contributed by atoms with E-state index in [1.165, 1.54) is 6.20 Å². The van der Waals surface area contributed by atoms with E-state index in [1.54, 1.807) is 6.20 Å². The highest BCUT2D eigenvalue weighted by Crippen LogP contribution is 2.12. The Balaban J connectivity index is 1.51. The van der Waals surface area contributed by atoms with Crippen molar-refractivity contribution in [1.29, 1.82) is 0 Å². The molecule has 0 aliphatic carbocycles. The number of aromatic nitrogens is 3. The number of nitrogens with one attached hydrogen (secondary N) is 2. The van der Waals surface area contributed by atoms with Crippen LogP contribution in [0.3, 0.4) is 0 Å². The van der Waals surface area contributed by atoms with E-state index in [0.717, 1.165) is 24.1 Å². The molecule has 0 aliphatic rings. The van der Waals surface area contributed by atoms with Crippen LogP contribution in [0.1, 0.15) is 34.8 Å². The number of nitrogen functional groups attached to an aromatic ring is 1. The largest absolute Gasteiger partial charge is 0.473 e. The Labute approximate surface area is 169 Å². The average Bonchev–Trinajstić information content (AvgIpc) is 2.76. The fourth-order valence-corrected chi connectivity index (χ4v) is 2.51. The zero-order chi connectivity index (χ0) is 20.5. The lowest BCUT2D eigenvalue weighted by Gasteiger charge is -2.09. The van der Waals surface area contributed by atoms with Crippen LogP contribution < -0.4 is 21.1 Å². The number of carbonyl (C=O) groups excluding carboxylic acids is 1. The van der Waals surface area contributed by atoms with Crippen molar-refractivity contribution in [1.82, 2.24) is 20.3 Å². The molecule has 0 fully saturated rings. The molecule has 0 saturated carbocycles. The number of ether oxygens (including phenoxy) is 1. The van der Waals surface area contributed by atoms with Crippen LogP contribution >= 0.6 is 0 Å². The highest BCUT2D eigenvalue weighted by molar-refractivity contribution is 5.98. The Hall–Kier alpha value is -3.68. The van der Waals surface area contributed by atoms with Gasteiger partial charge in [0.25, 0.3) is 5.91 Å². The maximum atomic E-state index is 12.4. The van der Waals surface area contributed by atoms with Crippen LogP contribution in [0, 0.1) is 0 Å². The van der Waals surface area contributed by atoms with Crippen molar-refractivity contribution < 1.29 is 9.53 Å². The molecule has 2 heterocycles. The SMILES string of the molecule is CCCNc1ncc(C(=O)NCc2ccc(COc3ccccn3)cc2)c(N)n1. The molecule has 0 aliphatic heterocycles. The van der Waals surface area contributed by atoms with Crippen molar-refractivity contribution >= 4 is 17.7 Å². The minimum absolute atomic E-state index is 0.151. The molecular weight excluding hydrogens is 368 g/mol. The third kappa shape index (κ3) is 5.90. The molecule has 3 rings (SSSR count). The number of benzene rings is 1. The summed E-state index contributed by atoms with van der Waals surface area (Å²) >= 11 is 0. The maximum absolute atomic E-state index is 12.4. The summed E-state index contributed by atoms with van der Waals surface area (Å²) in [6.45, 7) is 3.58. The lowest BCUT2D eigenvalue weighted by Crippen LogP contribution is -2.24. The Morgan fingerprint density at radius 2 is 1.90 bits per heavy atom. The van der Waals surface area contributed by atoms with Gasteiger partial charge in [0, 0.05) is 31.5 Å². The normalized spacial score (nSPS) is 10.4. The van der Waals surface area contributed by atoms with Gasteiger partial charge in [-0.15, -0.1) is 0 Å². The van der Waals surface area contributed by atoms with Crippen LogP contribution in [-0.4, -0.2) is 27.4 Å². The van der Waals surface area contributed by atoms with E-state index in [0.29, 0.717) is 25.0 Å². The van der Waals surface area contributed by atoms with Gasteiger partial charge in [0.15, 0.2) is 0 Å². The Bertz CT molecular complexity index is 932. The zero-order valence-electron chi connectivity index (χ0n) is 16.3. The van der Waals surface area contributed by atoms with E-state index in [1.807, 2.05) is 49.4 Å². The summed E-state index contributed by atoms with van der Waals surface area (Å²) in [4.78, 5) is 24.7. The zero-order valence-corrected chi connectivity index (χ0v) is 16.3. The van der Waals surface area contributed by atoms with Crippen LogP contribution in [0.4, 0.5) is 11.8 Å².